The van der Waals surface area contributed by atoms with Gasteiger partial charge in [-0.05, 0) is 44.2 Å². The van der Waals surface area contributed by atoms with Gasteiger partial charge in [0.2, 0.25) is 0 Å². The van der Waals surface area contributed by atoms with Crippen molar-refractivity contribution in [3.8, 4) is 0 Å². The van der Waals surface area contributed by atoms with Crippen molar-refractivity contribution in [1.29, 1.82) is 0 Å². The van der Waals surface area contributed by atoms with Crippen LogP contribution in [0.5, 0.6) is 0 Å². The lowest BCUT2D eigenvalue weighted by atomic mass is 10.1. The molecule has 2 fully saturated rings. The van der Waals surface area contributed by atoms with Crippen molar-refractivity contribution in [1.82, 2.24) is 9.80 Å². The van der Waals surface area contributed by atoms with Crippen molar-refractivity contribution in [2.75, 3.05) is 26.2 Å². The summed E-state index contributed by atoms with van der Waals surface area (Å²) in [5.74, 6) is 1.11. The van der Waals surface area contributed by atoms with E-state index >= 15 is 0 Å². The Kier molecular flexibility index (Phi) is 3.79. The van der Waals surface area contributed by atoms with Gasteiger partial charge in [0.05, 0.1) is 0 Å². The number of carbonyl (C=O) groups is 1. The molecule has 3 nitrogen and oxygen atoms in total. The Labute approximate surface area is 121 Å². The van der Waals surface area contributed by atoms with Crippen LogP contribution in [0.4, 0.5) is 0 Å². The van der Waals surface area contributed by atoms with E-state index in [1.807, 2.05) is 36.1 Å². The Balaban J connectivity index is 1.60. The Hall–Kier alpha value is -1.35. The third-order valence-electron chi connectivity index (χ3n) is 4.86. The first kappa shape index (κ1) is 13.6. The molecule has 0 aromatic heterocycles. The first-order valence-corrected chi connectivity index (χ1v) is 7.76. The first-order chi connectivity index (χ1) is 9.66. The number of carbonyl (C=O) groups excluding carboxylic acids is 1. The lowest BCUT2D eigenvalue weighted by Crippen LogP contribution is -2.51. The van der Waals surface area contributed by atoms with Crippen molar-refractivity contribution >= 4 is 5.91 Å². The fraction of sp³-hybridized carbons (Fsp3) is 0.588. The largest absolute Gasteiger partial charge is 0.336 e. The lowest BCUT2D eigenvalue weighted by molar-refractivity contribution is 0.0563. The zero-order chi connectivity index (χ0) is 14.1. The van der Waals surface area contributed by atoms with Gasteiger partial charge in [0.25, 0.3) is 5.91 Å². The summed E-state index contributed by atoms with van der Waals surface area (Å²) in [6.45, 7) is 8.13. The molecule has 0 bridgehead atoms. The van der Waals surface area contributed by atoms with E-state index in [2.05, 4.69) is 11.8 Å². The summed E-state index contributed by atoms with van der Waals surface area (Å²) in [6.07, 6.45) is 2.78. The Bertz CT molecular complexity index is 488. The molecule has 1 atom stereocenters. The van der Waals surface area contributed by atoms with Gasteiger partial charge in [0, 0.05) is 37.8 Å². The second kappa shape index (κ2) is 5.57. The molecule has 1 unspecified atom stereocenters. The van der Waals surface area contributed by atoms with E-state index in [4.69, 9.17) is 0 Å². The van der Waals surface area contributed by atoms with Crippen molar-refractivity contribution in [3.05, 3.63) is 35.4 Å². The van der Waals surface area contributed by atoms with E-state index in [1.54, 1.807) is 0 Å². The molecule has 0 N–H and O–H groups in total. The van der Waals surface area contributed by atoms with E-state index in [9.17, 15) is 4.79 Å². The zero-order valence-corrected chi connectivity index (χ0v) is 12.5. The van der Waals surface area contributed by atoms with E-state index in [0.717, 1.165) is 43.2 Å². The normalized spacial score (nSPS) is 21.8. The van der Waals surface area contributed by atoms with Crippen LogP contribution in [0.15, 0.2) is 24.3 Å². The third-order valence-corrected chi connectivity index (χ3v) is 4.86. The molecular weight excluding hydrogens is 248 g/mol. The highest BCUT2D eigenvalue weighted by atomic mass is 16.2. The number of piperazine rings is 1. The molecule has 0 radical (unpaired) electrons. The van der Waals surface area contributed by atoms with E-state index in [1.165, 1.54) is 12.8 Å². The molecule has 1 amide bonds. The Morgan fingerprint density at radius 3 is 2.40 bits per heavy atom. The monoisotopic (exact) mass is 272 g/mol. The average Bonchev–Trinajstić information content (AvgIpc) is 3.31. The number of benzene rings is 1. The van der Waals surface area contributed by atoms with Crippen LogP contribution in [0, 0.1) is 12.8 Å². The van der Waals surface area contributed by atoms with Gasteiger partial charge in [0.1, 0.15) is 0 Å². The molecule has 1 saturated heterocycles. The van der Waals surface area contributed by atoms with Crippen LogP contribution < -0.4 is 0 Å². The van der Waals surface area contributed by atoms with Gasteiger partial charge in [-0.15, -0.1) is 0 Å². The van der Waals surface area contributed by atoms with E-state index in [-0.39, 0.29) is 5.91 Å². The van der Waals surface area contributed by atoms with Crippen LogP contribution in [0.3, 0.4) is 0 Å². The predicted molar refractivity (Wildman–Crippen MR) is 80.8 cm³/mol. The summed E-state index contributed by atoms with van der Waals surface area (Å²) in [5, 5.41) is 0. The highest BCUT2D eigenvalue weighted by molar-refractivity contribution is 5.95. The van der Waals surface area contributed by atoms with Crippen LogP contribution in [-0.2, 0) is 0 Å². The minimum atomic E-state index is 0.196. The second-order valence-corrected chi connectivity index (χ2v) is 6.22. The number of aryl methyl sites for hydroxylation is 1. The van der Waals surface area contributed by atoms with E-state index < -0.39 is 0 Å². The molecular formula is C17H24N2O. The number of hydrogen-bond acceptors (Lipinski definition) is 2. The number of hydrogen-bond donors (Lipinski definition) is 0. The molecule has 20 heavy (non-hydrogen) atoms. The molecule has 108 valence electrons. The van der Waals surface area contributed by atoms with Crippen molar-refractivity contribution in [3.63, 3.8) is 0 Å². The zero-order valence-electron chi connectivity index (χ0n) is 12.5. The molecule has 1 aliphatic carbocycles. The SMILES string of the molecule is Cc1ccccc1C(=O)N1CCN(C(C)C2CC2)CC1. The molecule has 1 heterocycles. The van der Waals surface area contributed by atoms with Gasteiger partial charge < -0.3 is 4.90 Å². The van der Waals surface area contributed by atoms with Crippen LogP contribution in [-0.4, -0.2) is 47.9 Å². The van der Waals surface area contributed by atoms with Crippen molar-refractivity contribution in [2.24, 2.45) is 5.92 Å². The summed E-state index contributed by atoms with van der Waals surface area (Å²) in [7, 11) is 0. The number of nitrogens with zero attached hydrogens (tertiary/aromatic N) is 2. The lowest BCUT2D eigenvalue weighted by Gasteiger charge is -2.38. The highest BCUT2D eigenvalue weighted by Gasteiger charge is 2.34. The van der Waals surface area contributed by atoms with Crippen molar-refractivity contribution < 1.29 is 4.79 Å². The second-order valence-electron chi connectivity index (χ2n) is 6.22. The van der Waals surface area contributed by atoms with Gasteiger partial charge in [-0.1, -0.05) is 18.2 Å². The molecule has 1 aromatic carbocycles. The highest BCUT2D eigenvalue weighted by Crippen LogP contribution is 2.35. The predicted octanol–water partition coefficient (Wildman–Crippen LogP) is 2.55. The van der Waals surface area contributed by atoms with Gasteiger partial charge in [-0.3, -0.25) is 9.69 Å². The average molecular weight is 272 g/mol. The van der Waals surface area contributed by atoms with Gasteiger partial charge >= 0.3 is 0 Å². The summed E-state index contributed by atoms with van der Waals surface area (Å²) < 4.78 is 0. The number of amides is 1. The maximum Gasteiger partial charge on any atom is 0.254 e. The Morgan fingerprint density at radius 1 is 1.15 bits per heavy atom. The molecule has 1 aliphatic heterocycles. The quantitative estimate of drug-likeness (QED) is 0.844. The van der Waals surface area contributed by atoms with E-state index in [0.29, 0.717) is 6.04 Å². The molecule has 2 aliphatic rings. The molecule has 0 spiro atoms. The maximum absolute atomic E-state index is 12.6. The Morgan fingerprint density at radius 2 is 1.80 bits per heavy atom. The molecule has 3 rings (SSSR count). The molecule has 1 saturated carbocycles. The molecule has 1 aromatic rings. The first-order valence-electron chi connectivity index (χ1n) is 7.76. The summed E-state index contributed by atoms with van der Waals surface area (Å²) in [6, 6.07) is 8.59. The fourth-order valence-corrected chi connectivity index (χ4v) is 3.19. The number of rotatable bonds is 3. The summed E-state index contributed by atoms with van der Waals surface area (Å²) in [4.78, 5) is 17.1. The maximum atomic E-state index is 12.6. The minimum Gasteiger partial charge on any atom is -0.336 e. The van der Waals surface area contributed by atoms with Gasteiger partial charge in [-0.2, -0.15) is 0 Å². The third kappa shape index (κ3) is 2.73. The van der Waals surface area contributed by atoms with Crippen LogP contribution in [0.2, 0.25) is 0 Å². The van der Waals surface area contributed by atoms with Crippen LogP contribution >= 0.6 is 0 Å². The summed E-state index contributed by atoms with van der Waals surface area (Å²) in [5.41, 5.74) is 1.93. The van der Waals surface area contributed by atoms with Crippen molar-refractivity contribution in [2.45, 2.75) is 32.7 Å². The fourth-order valence-electron chi connectivity index (χ4n) is 3.19. The van der Waals surface area contributed by atoms with Gasteiger partial charge in [0.15, 0.2) is 0 Å². The standard InChI is InChI=1S/C17H24N2O/c1-13-5-3-4-6-16(13)17(20)19-11-9-18(10-12-19)14(2)15-7-8-15/h3-6,14-15H,7-12H2,1-2H3. The van der Waals surface area contributed by atoms with Gasteiger partial charge in [-0.25, -0.2) is 0 Å². The topological polar surface area (TPSA) is 23.6 Å². The minimum absolute atomic E-state index is 0.196. The van der Waals surface area contributed by atoms with Crippen LogP contribution in [0.1, 0.15) is 35.7 Å². The smallest absolute Gasteiger partial charge is 0.254 e. The molecule has 3 heteroatoms. The summed E-state index contributed by atoms with van der Waals surface area (Å²) >= 11 is 0. The van der Waals surface area contributed by atoms with Crippen LogP contribution in [0.25, 0.3) is 0 Å².